The summed E-state index contributed by atoms with van der Waals surface area (Å²) in [5.74, 6) is -1.01. The lowest BCUT2D eigenvalue weighted by molar-refractivity contribution is 0.0602. The molecule has 0 unspecified atom stereocenters. The normalized spacial score (nSPS) is 10.7. The van der Waals surface area contributed by atoms with Crippen LogP contribution >= 0.6 is 0 Å². The van der Waals surface area contributed by atoms with Crippen molar-refractivity contribution in [2.75, 3.05) is 52.0 Å². The van der Waals surface area contributed by atoms with Crippen LogP contribution in [0, 0.1) is 5.82 Å². The third kappa shape index (κ3) is 4.09. The SMILES string of the molecule is COC(=O)c1cc(N(C)CCCN(C)C)c(F)cc1N. The lowest BCUT2D eigenvalue weighted by atomic mass is 10.1. The molecule has 0 spiro atoms. The van der Waals surface area contributed by atoms with Crippen LogP contribution in [-0.4, -0.2) is 52.2 Å². The maximum Gasteiger partial charge on any atom is 0.340 e. The van der Waals surface area contributed by atoms with Gasteiger partial charge in [-0.05, 0) is 39.2 Å². The Morgan fingerprint density at radius 3 is 2.50 bits per heavy atom. The molecule has 0 saturated heterocycles. The van der Waals surface area contributed by atoms with Gasteiger partial charge >= 0.3 is 5.97 Å². The molecule has 0 heterocycles. The molecule has 1 rings (SSSR count). The van der Waals surface area contributed by atoms with E-state index in [1.807, 2.05) is 14.1 Å². The van der Waals surface area contributed by atoms with Gasteiger partial charge in [-0.3, -0.25) is 0 Å². The Morgan fingerprint density at radius 1 is 1.30 bits per heavy atom. The van der Waals surface area contributed by atoms with Gasteiger partial charge in [0.1, 0.15) is 5.82 Å². The maximum atomic E-state index is 13.9. The van der Waals surface area contributed by atoms with E-state index in [9.17, 15) is 9.18 Å². The van der Waals surface area contributed by atoms with Crippen molar-refractivity contribution in [3.63, 3.8) is 0 Å². The van der Waals surface area contributed by atoms with E-state index in [-0.39, 0.29) is 11.3 Å². The van der Waals surface area contributed by atoms with Crippen LogP contribution in [0.15, 0.2) is 12.1 Å². The van der Waals surface area contributed by atoms with Gasteiger partial charge in [-0.1, -0.05) is 0 Å². The van der Waals surface area contributed by atoms with Crippen LogP contribution in [0.2, 0.25) is 0 Å². The molecule has 112 valence electrons. The van der Waals surface area contributed by atoms with Gasteiger partial charge in [0, 0.05) is 19.3 Å². The van der Waals surface area contributed by atoms with Crippen molar-refractivity contribution in [3.8, 4) is 0 Å². The molecule has 0 bridgehead atoms. The lowest BCUT2D eigenvalue weighted by Gasteiger charge is -2.22. The summed E-state index contributed by atoms with van der Waals surface area (Å²) in [7, 11) is 7.02. The summed E-state index contributed by atoms with van der Waals surface area (Å²) in [5, 5.41) is 0. The number of benzene rings is 1. The summed E-state index contributed by atoms with van der Waals surface area (Å²) in [6.07, 6.45) is 0.890. The number of nitrogens with zero attached hydrogens (tertiary/aromatic N) is 2. The Hall–Kier alpha value is -1.82. The number of anilines is 2. The molecule has 0 amide bonds. The van der Waals surface area contributed by atoms with Crippen molar-refractivity contribution in [2.24, 2.45) is 0 Å². The zero-order chi connectivity index (χ0) is 15.3. The first-order valence-electron chi connectivity index (χ1n) is 6.40. The summed E-state index contributed by atoms with van der Waals surface area (Å²) in [6, 6.07) is 2.59. The van der Waals surface area contributed by atoms with E-state index >= 15 is 0 Å². The van der Waals surface area contributed by atoms with Gasteiger partial charge in [-0.2, -0.15) is 0 Å². The molecule has 0 aliphatic carbocycles. The van der Waals surface area contributed by atoms with Crippen molar-refractivity contribution in [1.82, 2.24) is 4.90 Å². The highest BCUT2D eigenvalue weighted by molar-refractivity contribution is 5.96. The van der Waals surface area contributed by atoms with Crippen LogP contribution in [0.4, 0.5) is 15.8 Å². The third-order valence-electron chi connectivity index (χ3n) is 3.03. The minimum atomic E-state index is -0.564. The molecule has 2 N–H and O–H groups in total. The van der Waals surface area contributed by atoms with Gasteiger partial charge < -0.3 is 20.3 Å². The standard InChI is InChI=1S/C14H22FN3O2/c1-17(2)6-5-7-18(3)13-8-10(14(19)20-4)12(16)9-11(13)15/h8-9H,5-7,16H2,1-4H3. The van der Waals surface area contributed by atoms with E-state index in [0.717, 1.165) is 19.0 Å². The summed E-state index contributed by atoms with van der Waals surface area (Å²) in [5.41, 5.74) is 6.25. The van der Waals surface area contributed by atoms with Crippen molar-refractivity contribution >= 4 is 17.3 Å². The molecule has 0 aliphatic heterocycles. The number of carbonyl (C=O) groups is 1. The fourth-order valence-electron chi connectivity index (χ4n) is 1.90. The summed E-state index contributed by atoms with van der Waals surface area (Å²) in [6.45, 7) is 1.59. The number of esters is 1. The van der Waals surface area contributed by atoms with E-state index in [0.29, 0.717) is 12.2 Å². The molecule has 0 fully saturated rings. The quantitative estimate of drug-likeness (QED) is 0.634. The average Bonchev–Trinajstić information content (AvgIpc) is 2.37. The molecule has 0 aliphatic rings. The smallest absolute Gasteiger partial charge is 0.340 e. The molecule has 0 saturated carbocycles. The van der Waals surface area contributed by atoms with E-state index in [1.165, 1.54) is 13.2 Å². The highest BCUT2D eigenvalue weighted by atomic mass is 19.1. The van der Waals surface area contributed by atoms with Crippen molar-refractivity contribution in [3.05, 3.63) is 23.5 Å². The number of nitrogen functional groups attached to an aromatic ring is 1. The van der Waals surface area contributed by atoms with E-state index in [4.69, 9.17) is 5.73 Å². The second-order valence-electron chi connectivity index (χ2n) is 4.96. The number of rotatable bonds is 6. The Morgan fingerprint density at radius 2 is 1.95 bits per heavy atom. The van der Waals surface area contributed by atoms with Gasteiger partial charge in [-0.15, -0.1) is 0 Å². The molecule has 1 aromatic carbocycles. The van der Waals surface area contributed by atoms with E-state index in [2.05, 4.69) is 9.64 Å². The zero-order valence-electron chi connectivity index (χ0n) is 12.4. The van der Waals surface area contributed by atoms with Gasteiger partial charge in [0.2, 0.25) is 0 Å². The monoisotopic (exact) mass is 283 g/mol. The van der Waals surface area contributed by atoms with Crippen molar-refractivity contribution < 1.29 is 13.9 Å². The first-order valence-corrected chi connectivity index (χ1v) is 6.40. The number of ether oxygens (including phenoxy) is 1. The number of methoxy groups -OCH3 is 1. The Kier molecular flexibility index (Phi) is 5.76. The first-order chi connectivity index (χ1) is 9.36. The number of hydrogen-bond donors (Lipinski definition) is 1. The molecular formula is C14H22FN3O2. The maximum absolute atomic E-state index is 13.9. The van der Waals surface area contributed by atoms with Crippen LogP contribution in [0.25, 0.3) is 0 Å². The fraction of sp³-hybridized carbons (Fsp3) is 0.500. The number of carbonyl (C=O) groups excluding carboxylic acids is 1. The largest absolute Gasteiger partial charge is 0.465 e. The highest BCUT2D eigenvalue weighted by Crippen LogP contribution is 2.25. The predicted octanol–water partition coefficient (Wildman–Crippen LogP) is 1.58. The van der Waals surface area contributed by atoms with Crippen LogP contribution < -0.4 is 10.6 Å². The highest BCUT2D eigenvalue weighted by Gasteiger charge is 2.16. The molecular weight excluding hydrogens is 261 g/mol. The third-order valence-corrected chi connectivity index (χ3v) is 3.03. The van der Waals surface area contributed by atoms with Gasteiger partial charge in [-0.25, -0.2) is 9.18 Å². The van der Waals surface area contributed by atoms with Gasteiger partial charge in [0.25, 0.3) is 0 Å². The minimum Gasteiger partial charge on any atom is -0.465 e. The van der Waals surface area contributed by atoms with E-state index < -0.39 is 11.8 Å². The van der Waals surface area contributed by atoms with Crippen LogP contribution in [0.1, 0.15) is 16.8 Å². The second-order valence-corrected chi connectivity index (χ2v) is 4.96. The fourth-order valence-corrected chi connectivity index (χ4v) is 1.90. The van der Waals surface area contributed by atoms with Crippen LogP contribution in [-0.2, 0) is 4.74 Å². The number of hydrogen-bond acceptors (Lipinski definition) is 5. The molecule has 0 atom stereocenters. The minimum absolute atomic E-state index is 0.0831. The first kappa shape index (κ1) is 16.2. The average molecular weight is 283 g/mol. The molecule has 0 radical (unpaired) electrons. The Balaban J connectivity index is 2.90. The predicted molar refractivity (Wildman–Crippen MR) is 78.6 cm³/mol. The van der Waals surface area contributed by atoms with Gasteiger partial charge in [0.05, 0.1) is 18.4 Å². The van der Waals surface area contributed by atoms with Crippen molar-refractivity contribution in [2.45, 2.75) is 6.42 Å². The van der Waals surface area contributed by atoms with Crippen molar-refractivity contribution in [1.29, 1.82) is 0 Å². The molecule has 20 heavy (non-hydrogen) atoms. The summed E-state index contributed by atoms with van der Waals surface area (Å²) >= 11 is 0. The Labute approximate surface area is 119 Å². The van der Waals surface area contributed by atoms with E-state index in [1.54, 1.807) is 11.9 Å². The lowest BCUT2D eigenvalue weighted by Crippen LogP contribution is -2.24. The second kappa shape index (κ2) is 7.09. The topological polar surface area (TPSA) is 58.8 Å². The van der Waals surface area contributed by atoms with Crippen LogP contribution in [0.3, 0.4) is 0 Å². The van der Waals surface area contributed by atoms with Crippen LogP contribution in [0.5, 0.6) is 0 Å². The summed E-state index contributed by atoms with van der Waals surface area (Å²) < 4.78 is 18.6. The zero-order valence-corrected chi connectivity index (χ0v) is 12.4. The molecule has 6 heteroatoms. The molecule has 0 aromatic heterocycles. The number of halogens is 1. The van der Waals surface area contributed by atoms with Gasteiger partial charge in [0.15, 0.2) is 0 Å². The molecule has 1 aromatic rings. The summed E-state index contributed by atoms with van der Waals surface area (Å²) in [4.78, 5) is 15.4. The molecule has 5 nitrogen and oxygen atoms in total. The number of nitrogens with two attached hydrogens (primary N) is 1. The Bertz CT molecular complexity index is 478.